The fourth-order valence-electron chi connectivity index (χ4n) is 2.52. The molecule has 0 bridgehead atoms. The monoisotopic (exact) mass is 292 g/mol. The van der Waals surface area contributed by atoms with Crippen LogP contribution >= 0.6 is 23.2 Å². The average Bonchev–Trinajstić information content (AvgIpc) is 2.76. The molecule has 0 spiro atoms. The molecule has 0 aromatic heterocycles. The van der Waals surface area contributed by atoms with Crippen molar-refractivity contribution in [3.8, 4) is 0 Å². The molecule has 0 saturated carbocycles. The molecule has 0 aliphatic carbocycles. The van der Waals surface area contributed by atoms with Crippen molar-refractivity contribution in [2.75, 3.05) is 17.2 Å². The van der Waals surface area contributed by atoms with Crippen LogP contribution in [0.2, 0.25) is 10.0 Å². The molecule has 2 aromatic rings. The fourth-order valence-corrected chi connectivity index (χ4v) is 2.90. The zero-order valence-electron chi connectivity index (χ0n) is 10.4. The van der Waals surface area contributed by atoms with Crippen LogP contribution in [0.3, 0.4) is 0 Å². The average molecular weight is 293 g/mol. The molecule has 0 fully saturated rings. The Balaban J connectivity index is 1.88. The molecular formula is C15H14Cl2N2. The smallest absolute Gasteiger partial charge is 0.0456 e. The van der Waals surface area contributed by atoms with Crippen molar-refractivity contribution in [3.63, 3.8) is 0 Å². The second-order valence-corrected chi connectivity index (χ2v) is 5.64. The summed E-state index contributed by atoms with van der Waals surface area (Å²) < 4.78 is 0. The summed E-state index contributed by atoms with van der Waals surface area (Å²) in [4.78, 5) is 2.31. The Labute approximate surface area is 122 Å². The number of nitrogens with zero attached hydrogens (tertiary/aromatic N) is 1. The first kappa shape index (κ1) is 12.6. The second-order valence-electron chi connectivity index (χ2n) is 4.80. The Morgan fingerprint density at radius 1 is 1.11 bits per heavy atom. The van der Waals surface area contributed by atoms with E-state index in [1.54, 1.807) is 0 Å². The third-order valence-corrected chi connectivity index (χ3v) is 4.07. The first-order valence-corrected chi connectivity index (χ1v) is 6.96. The van der Waals surface area contributed by atoms with Gasteiger partial charge in [0.1, 0.15) is 0 Å². The van der Waals surface area contributed by atoms with Crippen molar-refractivity contribution in [3.05, 3.63) is 57.6 Å². The summed E-state index contributed by atoms with van der Waals surface area (Å²) in [6.07, 6.45) is 1.03. The molecule has 1 aliphatic heterocycles. The molecule has 0 radical (unpaired) electrons. The van der Waals surface area contributed by atoms with Crippen molar-refractivity contribution in [2.24, 2.45) is 0 Å². The highest BCUT2D eigenvalue weighted by Gasteiger charge is 2.19. The predicted octanol–water partition coefficient (Wildman–Crippen LogP) is 4.14. The number of anilines is 2. The second kappa shape index (κ2) is 4.95. The lowest BCUT2D eigenvalue weighted by molar-refractivity contribution is 0.836. The number of rotatable bonds is 2. The van der Waals surface area contributed by atoms with Crippen LogP contribution in [0.25, 0.3) is 0 Å². The number of benzene rings is 2. The van der Waals surface area contributed by atoms with Gasteiger partial charge in [-0.3, -0.25) is 0 Å². The van der Waals surface area contributed by atoms with Crippen LogP contribution in [0.15, 0.2) is 36.4 Å². The fraction of sp³-hybridized carbons (Fsp3) is 0.200. The minimum Gasteiger partial charge on any atom is -0.399 e. The molecule has 0 atom stereocenters. The lowest BCUT2D eigenvalue weighted by atomic mass is 10.1. The van der Waals surface area contributed by atoms with Gasteiger partial charge in [0, 0.05) is 34.5 Å². The lowest BCUT2D eigenvalue weighted by Gasteiger charge is -2.20. The van der Waals surface area contributed by atoms with E-state index in [1.165, 1.54) is 11.3 Å². The van der Waals surface area contributed by atoms with Gasteiger partial charge in [0.15, 0.2) is 0 Å². The molecule has 98 valence electrons. The van der Waals surface area contributed by atoms with Crippen LogP contribution in [0, 0.1) is 0 Å². The van der Waals surface area contributed by atoms with Gasteiger partial charge in [0.2, 0.25) is 0 Å². The SMILES string of the molecule is Nc1ccc2c(c1)CCN2Cc1cc(Cl)ccc1Cl. The van der Waals surface area contributed by atoms with Crippen LogP contribution in [0.4, 0.5) is 11.4 Å². The summed E-state index contributed by atoms with van der Waals surface area (Å²) in [7, 11) is 0. The van der Waals surface area contributed by atoms with E-state index in [0.29, 0.717) is 0 Å². The van der Waals surface area contributed by atoms with Gasteiger partial charge in [0.25, 0.3) is 0 Å². The maximum Gasteiger partial charge on any atom is 0.0456 e. The van der Waals surface area contributed by atoms with E-state index in [0.717, 1.165) is 40.8 Å². The van der Waals surface area contributed by atoms with Gasteiger partial charge in [-0.1, -0.05) is 23.2 Å². The standard InChI is InChI=1S/C15H14Cl2N2/c16-12-1-3-14(17)11(7-12)9-19-6-5-10-8-13(18)2-4-15(10)19/h1-4,7-8H,5-6,9,18H2. The van der Waals surface area contributed by atoms with Gasteiger partial charge in [0.05, 0.1) is 0 Å². The van der Waals surface area contributed by atoms with Crippen molar-refractivity contribution < 1.29 is 0 Å². The molecule has 0 unspecified atom stereocenters. The van der Waals surface area contributed by atoms with Crippen LogP contribution < -0.4 is 10.6 Å². The van der Waals surface area contributed by atoms with Gasteiger partial charge in [-0.25, -0.2) is 0 Å². The summed E-state index contributed by atoms with van der Waals surface area (Å²) in [5.41, 5.74) is 10.2. The summed E-state index contributed by atoms with van der Waals surface area (Å²) in [5, 5.41) is 1.48. The zero-order valence-corrected chi connectivity index (χ0v) is 11.9. The highest BCUT2D eigenvalue weighted by atomic mass is 35.5. The Hall–Kier alpha value is -1.38. The van der Waals surface area contributed by atoms with Crippen LogP contribution in [-0.2, 0) is 13.0 Å². The maximum absolute atomic E-state index is 6.22. The molecule has 0 amide bonds. The molecule has 1 aliphatic rings. The first-order valence-electron chi connectivity index (χ1n) is 6.21. The molecular weight excluding hydrogens is 279 g/mol. The maximum atomic E-state index is 6.22. The molecule has 19 heavy (non-hydrogen) atoms. The summed E-state index contributed by atoms with van der Waals surface area (Å²) in [6, 6.07) is 11.7. The predicted molar refractivity (Wildman–Crippen MR) is 82.1 cm³/mol. The van der Waals surface area contributed by atoms with Crippen molar-refractivity contribution >= 4 is 34.6 Å². The first-order chi connectivity index (χ1) is 9.13. The quantitative estimate of drug-likeness (QED) is 0.843. The third-order valence-electron chi connectivity index (χ3n) is 3.46. The van der Waals surface area contributed by atoms with Crippen molar-refractivity contribution in [1.29, 1.82) is 0 Å². The van der Waals surface area contributed by atoms with Gasteiger partial charge in [-0.15, -0.1) is 0 Å². The summed E-state index contributed by atoms with van der Waals surface area (Å²) >= 11 is 12.3. The molecule has 2 aromatic carbocycles. The summed E-state index contributed by atoms with van der Waals surface area (Å²) in [6.45, 7) is 1.76. The molecule has 4 heteroatoms. The molecule has 3 rings (SSSR count). The molecule has 1 heterocycles. The zero-order chi connectivity index (χ0) is 13.4. The van der Waals surface area contributed by atoms with Gasteiger partial charge < -0.3 is 10.6 Å². The topological polar surface area (TPSA) is 29.3 Å². The number of hydrogen-bond acceptors (Lipinski definition) is 2. The van der Waals surface area contributed by atoms with E-state index in [4.69, 9.17) is 28.9 Å². The Bertz CT molecular complexity index is 626. The number of nitrogen functional groups attached to an aromatic ring is 1. The Morgan fingerprint density at radius 3 is 2.79 bits per heavy atom. The summed E-state index contributed by atoms with van der Waals surface area (Å²) in [5.74, 6) is 0. The highest BCUT2D eigenvalue weighted by Crippen LogP contribution is 2.32. The number of fused-ring (bicyclic) bond motifs is 1. The Kier molecular flexibility index (Phi) is 3.29. The third kappa shape index (κ3) is 2.51. The van der Waals surface area contributed by atoms with Crippen LogP contribution in [-0.4, -0.2) is 6.54 Å². The van der Waals surface area contributed by atoms with Crippen LogP contribution in [0.5, 0.6) is 0 Å². The van der Waals surface area contributed by atoms with Gasteiger partial charge in [-0.05, 0) is 53.9 Å². The minimum absolute atomic E-state index is 0.719. The van der Waals surface area contributed by atoms with Crippen molar-refractivity contribution in [1.82, 2.24) is 0 Å². The van der Waals surface area contributed by atoms with Gasteiger partial charge in [-0.2, -0.15) is 0 Å². The largest absolute Gasteiger partial charge is 0.399 e. The molecule has 2 nitrogen and oxygen atoms in total. The van der Waals surface area contributed by atoms with Crippen molar-refractivity contribution in [2.45, 2.75) is 13.0 Å². The lowest BCUT2D eigenvalue weighted by Crippen LogP contribution is -2.19. The number of halogens is 2. The normalized spacial score (nSPS) is 13.7. The minimum atomic E-state index is 0.719. The van der Waals surface area contributed by atoms with E-state index in [2.05, 4.69) is 17.0 Å². The highest BCUT2D eigenvalue weighted by molar-refractivity contribution is 6.33. The molecule has 0 saturated heterocycles. The van der Waals surface area contributed by atoms with E-state index in [-0.39, 0.29) is 0 Å². The number of nitrogens with two attached hydrogens (primary N) is 1. The molecule has 2 N–H and O–H groups in total. The van der Waals surface area contributed by atoms with E-state index < -0.39 is 0 Å². The van der Waals surface area contributed by atoms with E-state index in [9.17, 15) is 0 Å². The number of hydrogen-bond donors (Lipinski definition) is 1. The Morgan fingerprint density at radius 2 is 1.95 bits per heavy atom. The van der Waals surface area contributed by atoms with Gasteiger partial charge >= 0.3 is 0 Å². The van der Waals surface area contributed by atoms with E-state index in [1.807, 2.05) is 24.3 Å². The van der Waals surface area contributed by atoms with Crippen LogP contribution in [0.1, 0.15) is 11.1 Å². The van der Waals surface area contributed by atoms with E-state index >= 15 is 0 Å².